The van der Waals surface area contributed by atoms with E-state index in [9.17, 15) is 19.8 Å². The number of aliphatic hydroxyl groups is 2. The molecule has 0 aromatic heterocycles. The molecule has 6 heteroatoms. The Balaban J connectivity index is 1.91. The lowest BCUT2D eigenvalue weighted by molar-refractivity contribution is -0.214. The fourth-order valence-corrected chi connectivity index (χ4v) is 6.53. The summed E-state index contributed by atoms with van der Waals surface area (Å²) in [5, 5.41) is 22.1. The zero-order valence-electron chi connectivity index (χ0n) is 19.9. The first kappa shape index (κ1) is 24.2. The van der Waals surface area contributed by atoms with Gasteiger partial charge in [0.05, 0.1) is 24.5 Å². The molecule has 3 aliphatic rings. The molecule has 176 valence electrons. The second-order valence-corrected chi connectivity index (χ2v) is 11.1. The molecule has 0 aromatic rings. The van der Waals surface area contributed by atoms with Crippen molar-refractivity contribution in [3.05, 3.63) is 12.2 Å². The number of carbonyl (C=O) groups is 2. The maximum Gasteiger partial charge on any atom is 0.309 e. The lowest BCUT2D eigenvalue weighted by Crippen LogP contribution is -2.63. The molecule has 3 rings (SSSR count). The van der Waals surface area contributed by atoms with Crippen molar-refractivity contribution in [2.45, 2.75) is 98.1 Å². The molecule has 1 saturated heterocycles. The second-order valence-electron chi connectivity index (χ2n) is 11.1. The van der Waals surface area contributed by atoms with Crippen LogP contribution in [-0.2, 0) is 19.1 Å². The summed E-state index contributed by atoms with van der Waals surface area (Å²) in [5.74, 6) is -0.656. The Hall–Kier alpha value is -1.40. The highest BCUT2D eigenvalue weighted by Gasteiger charge is 2.62. The monoisotopic (exact) mass is 436 g/mol. The molecule has 0 unspecified atom stereocenters. The van der Waals surface area contributed by atoms with Gasteiger partial charge in [-0.15, -0.1) is 0 Å². The minimum atomic E-state index is -0.807. The zero-order valence-corrected chi connectivity index (χ0v) is 19.9. The van der Waals surface area contributed by atoms with Crippen LogP contribution in [0.4, 0.5) is 0 Å². The smallest absolute Gasteiger partial charge is 0.309 e. The Morgan fingerprint density at radius 1 is 1.32 bits per heavy atom. The highest BCUT2D eigenvalue weighted by molar-refractivity contribution is 5.72. The minimum absolute atomic E-state index is 0.0102. The van der Waals surface area contributed by atoms with Gasteiger partial charge in [-0.3, -0.25) is 9.59 Å². The highest BCUT2D eigenvalue weighted by atomic mass is 16.6. The third-order valence-corrected chi connectivity index (χ3v) is 8.69. The quantitative estimate of drug-likeness (QED) is 0.505. The number of carbonyl (C=O) groups excluding carboxylic acids is 2. The molecule has 0 radical (unpaired) electrons. The third kappa shape index (κ3) is 4.18. The molecule has 3 fully saturated rings. The molecule has 1 heterocycles. The molecule has 0 aromatic carbocycles. The van der Waals surface area contributed by atoms with E-state index in [1.807, 2.05) is 34.6 Å². The van der Waals surface area contributed by atoms with Gasteiger partial charge in [-0.1, -0.05) is 48.1 Å². The highest BCUT2D eigenvalue weighted by Crippen LogP contribution is 2.62. The first-order valence-corrected chi connectivity index (χ1v) is 11.8. The van der Waals surface area contributed by atoms with Crippen LogP contribution in [-0.4, -0.2) is 46.6 Å². The van der Waals surface area contributed by atoms with Crippen LogP contribution in [0.3, 0.4) is 0 Å². The predicted octanol–water partition coefficient (Wildman–Crippen LogP) is 3.64. The van der Waals surface area contributed by atoms with Gasteiger partial charge in [0.15, 0.2) is 0 Å². The van der Waals surface area contributed by atoms with Gasteiger partial charge in [-0.2, -0.15) is 0 Å². The van der Waals surface area contributed by atoms with E-state index >= 15 is 0 Å². The number of esters is 2. The average Bonchev–Trinajstić information content (AvgIpc) is 3.00. The zero-order chi connectivity index (χ0) is 23.3. The summed E-state index contributed by atoms with van der Waals surface area (Å²) >= 11 is 0. The van der Waals surface area contributed by atoms with Crippen LogP contribution < -0.4 is 0 Å². The Bertz CT molecular complexity index is 730. The van der Waals surface area contributed by atoms with Crippen LogP contribution in [0.5, 0.6) is 0 Å². The molecule has 6 nitrogen and oxygen atoms in total. The van der Waals surface area contributed by atoms with Gasteiger partial charge in [0, 0.05) is 11.3 Å². The van der Waals surface area contributed by atoms with Crippen molar-refractivity contribution in [2.75, 3.05) is 0 Å². The van der Waals surface area contributed by atoms with E-state index in [4.69, 9.17) is 9.47 Å². The van der Waals surface area contributed by atoms with Crippen molar-refractivity contribution < 1.29 is 29.3 Å². The Kier molecular flexibility index (Phi) is 6.66. The summed E-state index contributed by atoms with van der Waals surface area (Å²) in [6.45, 7) is 16.2. The molecular weight excluding hydrogens is 396 g/mol. The maximum absolute atomic E-state index is 12.5. The number of ether oxygens (including phenoxy) is 2. The van der Waals surface area contributed by atoms with Crippen LogP contribution in [0.1, 0.15) is 73.6 Å². The number of rotatable bonds is 5. The van der Waals surface area contributed by atoms with Crippen molar-refractivity contribution in [1.29, 1.82) is 0 Å². The van der Waals surface area contributed by atoms with Crippen LogP contribution in [0.25, 0.3) is 0 Å². The summed E-state index contributed by atoms with van der Waals surface area (Å²) in [7, 11) is 0. The molecule has 31 heavy (non-hydrogen) atoms. The summed E-state index contributed by atoms with van der Waals surface area (Å²) in [4.78, 5) is 24.4. The molecule has 0 bridgehead atoms. The Labute approximate surface area is 186 Å². The molecule has 0 spiro atoms. The van der Waals surface area contributed by atoms with Crippen LogP contribution in [0.15, 0.2) is 12.2 Å². The first-order chi connectivity index (χ1) is 14.3. The van der Waals surface area contributed by atoms with Gasteiger partial charge in [-0.05, 0) is 48.5 Å². The van der Waals surface area contributed by atoms with E-state index in [0.29, 0.717) is 32.1 Å². The van der Waals surface area contributed by atoms with Gasteiger partial charge < -0.3 is 19.7 Å². The fraction of sp³-hybridized carbons (Fsp3) is 0.840. The molecule has 2 N–H and O–H groups in total. The Morgan fingerprint density at radius 2 is 1.97 bits per heavy atom. The lowest BCUT2D eigenvalue weighted by atomic mass is 9.45. The van der Waals surface area contributed by atoms with E-state index in [1.54, 1.807) is 0 Å². The third-order valence-electron chi connectivity index (χ3n) is 8.69. The predicted molar refractivity (Wildman–Crippen MR) is 117 cm³/mol. The van der Waals surface area contributed by atoms with Crippen molar-refractivity contribution >= 4 is 11.9 Å². The Morgan fingerprint density at radius 3 is 2.52 bits per heavy atom. The van der Waals surface area contributed by atoms with E-state index in [1.165, 1.54) is 0 Å². The largest absolute Gasteiger partial charge is 0.462 e. The lowest BCUT2D eigenvalue weighted by Gasteiger charge is -2.62. The molecule has 0 amide bonds. The number of fused-ring (bicyclic) bond motifs is 1. The number of hydrogen-bond acceptors (Lipinski definition) is 6. The standard InChI is InChI=1S/C25H40O6/c1-8-13(2)23(29)31-22-18(27)12-25(7)16(10-19-14(3)9-21(28)30-19)15(4)17(26)11-20(25)24(22,5)6/h13-14,16-20,22,26-27H,4,8-12H2,1-3,5-7H3/t13-,14-,16+,17-,18-,19+,20+,22-,25-/m1/s1. The summed E-state index contributed by atoms with van der Waals surface area (Å²) < 4.78 is 11.4. The van der Waals surface area contributed by atoms with Gasteiger partial charge in [-0.25, -0.2) is 0 Å². The fourth-order valence-electron chi connectivity index (χ4n) is 6.53. The van der Waals surface area contributed by atoms with Crippen LogP contribution in [0, 0.1) is 34.5 Å². The van der Waals surface area contributed by atoms with Gasteiger partial charge in [0.25, 0.3) is 0 Å². The van der Waals surface area contributed by atoms with Crippen molar-refractivity contribution in [2.24, 2.45) is 34.5 Å². The van der Waals surface area contributed by atoms with Crippen LogP contribution in [0.2, 0.25) is 0 Å². The van der Waals surface area contributed by atoms with E-state index in [0.717, 1.165) is 5.57 Å². The molecular formula is C25H40O6. The molecule has 1 aliphatic heterocycles. The summed E-state index contributed by atoms with van der Waals surface area (Å²) in [6.07, 6.45) is 0.336. The van der Waals surface area contributed by atoms with E-state index in [2.05, 4.69) is 13.5 Å². The van der Waals surface area contributed by atoms with E-state index < -0.39 is 23.7 Å². The first-order valence-electron chi connectivity index (χ1n) is 11.8. The molecule has 9 atom stereocenters. The summed E-state index contributed by atoms with van der Waals surface area (Å²) in [5.41, 5.74) is -0.132. The number of cyclic esters (lactones) is 1. The van der Waals surface area contributed by atoms with Crippen molar-refractivity contribution in [3.63, 3.8) is 0 Å². The SMILES string of the molecule is C=C1[C@H](O)C[C@H]2C(C)(C)[C@H](OC(=O)[C@H](C)CC)[C@H](O)C[C@]2(C)[C@H]1C[C@@H]1OC(=O)C[C@H]1C. The van der Waals surface area contributed by atoms with E-state index in [-0.39, 0.29) is 47.1 Å². The minimum Gasteiger partial charge on any atom is -0.462 e. The van der Waals surface area contributed by atoms with Gasteiger partial charge in [0.1, 0.15) is 12.2 Å². The average molecular weight is 437 g/mol. The van der Waals surface area contributed by atoms with Crippen molar-refractivity contribution in [3.8, 4) is 0 Å². The second kappa shape index (κ2) is 8.51. The van der Waals surface area contributed by atoms with Gasteiger partial charge in [0.2, 0.25) is 0 Å². The normalized spacial score (nSPS) is 43.2. The van der Waals surface area contributed by atoms with Crippen LogP contribution >= 0.6 is 0 Å². The maximum atomic E-state index is 12.5. The summed E-state index contributed by atoms with van der Waals surface area (Å²) in [6, 6.07) is 0. The van der Waals surface area contributed by atoms with Gasteiger partial charge >= 0.3 is 11.9 Å². The van der Waals surface area contributed by atoms with Crippen molar-refractivity contribution in [1.82, 2.24) is 0 Å². The molecule has 2 aliphatic carbocycles. The molecule has 2 saturated carbocycles. The topological polar surface area (TPSA) is 93.1 Å². The number of hydrogen-bond donors (Lipinski definition) is 2. The number of aliphatic hydroxyl groups excluding tert-OH is 2.